The molecule has 0 radical (unpaired) electrons. The smallest absolute Gasteiger partial charge is 0.112 e. The molecule has 0 saturated carbocycles. The van der Waals surface area contributed by atoms with Crippen molar-refractivity contribution in [3.63, 3.8) is 0 Å². The molecule has 0 saturated heterocycles. The lowest BCUT2D eigenvalue weighted by atomic mass is 9.66. The minimum atomic E-state index is -0.0185. The molecule has 2 atom stereocenters. The van der Waals surface area contributed by atoms with Crippen molar-refractivity contribution in [3.05, 3.63) is 90.0 Å². The Bertz CT molecular complexity index is 804. The first-order chi connectivity index (χ1) is 12.6. The summed E-state index contributed by atoms with van der Waals surface area (Å²) in [6.07, 6.45) is 6.13. The molecule has 0 amide bonds. The largest absolute Gasteiger partial charge is 0.332 e. The fourth-order valence-electron chi connectivity index (χ4n) is 4.21. The highest BCUT2D eigenvalue weighted by Crippen LogP contribution is 2.43. The van der Waals surface area contributed by atoms with Crippen LogP contribution in [0.3, 0.4) is 0 Å². The third kappa shape index (κ3) is 3.60. The second-order valence-electron chi connectivity index (χ2n) is 7.69. The van der Waals surface area contributed by atoms with Crippen molar-refractivity contribution in [2.24, 2.45) is 0 Å². The quantitative estimate of drug-likeness (QED) is 0.501. The second-order valence-corrected chi connectivity index (χ2v) is 7.69. The highest BCUT2D eigenvalue weighted by atomic mass is 15.1. The molecule has 0 fully saturated rings. The predicted molar refractivity (Wildman–Crippen MR) is 110 cm³/mol. The molecule has 2 nitrogen and oxygen atoms in total. The molecular weight excluding hydrogens is 316 g/mol. The second kappa shape index (κ2) is 7.90. The standard InChI is InChI=1S/C24H30N2/c1-5-22(23-25-16-17-26(23)19(2)3)24(4,21-14-10-7-11-15-21)18-20-12-8-6-9-13-20/h6-17,19,22H,5,18H2,1-4H3. The van der Waals surface area contributed by atoms with Crippen molar-refractivity contribution < 1.29 is 0 Å². The summed E-state index contributed by atoms with van der Waals surface area (Å²) >= 11 is 0. The van der Waals surface area contributed by atoms with Crippen molar-refractivity contribution in [2.75, 3.05) is 0 Å². The maximum atomic E-state index is 4.80. The highest BCUT2D eigenvalue weighted by Gasteiger charge is 2.38. The van der Waals surface area contributed by atoms with Crippen LogP contribution in [0.15, 0.2) is 73.1 Å². The highest BCUT2D eigenvalue weighted by molar-refractivity contribution is 5.33. The molecule has 0 aliphatic carbocycles. The average molecular weight is 347 g/mol. The molecule has 0 bridgehead atoms. The van der Waals surface area contributed by atoms with Gasteiger partial charge in [0, 0.05) is 29.8 Å². The summed E-state index contributed by atoms with van der Waals surface area (Å²) in [5.41, 5.74) is 2.74. The van der Waals surface area contributed by atoms with Crippen LogP contribution in [0, 0.1) is 0 Å². The summed E-state index contributed by atoms with van der Waals surface area (Å²) in [5.74, 6) is 1.55. The summed E-state index contributed by atoms with van der Waals surface area (Å²) in [6, 6.07) is 22.2. The molecular formula is C24H30N2. The van der Waals surface area contributed by atoms with Gasteiger partial charge in [0.05, 0.1) is 0 Å². The van der Waals surface area contributed by atoms with Gasteiger partial charge in [0.1, 0.15) is 5.82 Å². The molecule has 0 aliphatic heterocycles. The van der Waals surface area contributed by atoms with Crippen LogP contribution in [-0.2, 0) is 11.8 Å². The Balaban J connectivity index is 2.11. The van der Waals surface area contributed by atoms with E-state index in [1.54, 1.807) is 0 Å². The van der Waals surface area contributed by atoms with Gasteiger partial charge in [-0.05, 0) is 37.8 Å². The van der Waals surface area contributed by atoms with E-state index in [-0.39, 0.29) is 5.41 Å². The number of imidazole rings is 1. The van der Waals surface area contributed by atoms with Crippen LogP contribution in [0.25, 0.3) is 0 Å². The Kier molecular flexibility index (Phi) is 5.61. The average Bonchev–Trinajstić information content (AvgIpc) is 3.13. The molecule has 1 aromatic heterocycles. The Morgan fingerprint density at radius 3 is 2.15 bits per heavy atom. The van der Waals surface area contributed by atoms with Crippen LogP contribution >= 0.6 is 0 Å². The summed E-state index contributed by atoms with van der Waals surface area (Å²) in [7, 11) is 0. The van der Waals surface area contributed by atoms with Gasteiger partial charge in [0.25, 0.3) is 0 Å². The van der Waals surface area contributed by atoms with E-state index in [0.717, 1.165) is 12.8 Å². The Morgan fingerprint density at radius 2 is 1.58 bits per heavy atom. The van der Waals surface area contributed by atoms with E-state index >= 15 is 0 Å². The normalized spacial score (nSPS) is 15.0. The van der Waals surface area contributed by atoms with E-state index in [2.05, 4.69) is 99.1 Å². The monoisotopic (exact) mass is 346 g/mol. The summed E-state index contributed by atoms with van der Waals surface area (Å²) in [4.78, 5) is 4.80. The van der Waals surface area contributed by atoms with E-state index < -0.39 is 0 Å². The molecule has 0 spiro atoms. The maximum absolute atomic E-state index is 4.80. The van der Waals surface area contributed by atoms with E-state index in [1.807, 2.05) is 6.20 Å². The van der Waals surface area contributed by atoms with E-state index in [1.165, 1.54) is 17.0 Å². The first-order valence-corrected chi connectivity index (χ1v) is 9.68. The fraction of sp³-hybridized carbons (Fsp3) is 0.375. The first kappa shape index (κ1) is 18.4. The molecule has 136 valence electrons. The topological polar surface area (TPSA) is 17.8 Å². The van der Waals surface area contributed by atoms with Gasteiger partial charge in [-0.3, -0.25) is 0 Å². The Labute approximate surface area is 157 Å². The molecule has 0 aliphatic rings. The SMILES string of the molecule is CCC(c1nccn1C(C)C)C(C)(Cc1ccccc1)c1ccccc1. The minimum absolute atomic E-state index is 0.0185. The van der Waals surface area contributed by atoms with Crippen molar-refractivity contribution in [3.8, 4) is 0 Å². The molecule has 0 N–H and O–H groups in total. The van der Waals surface area contributed by atoms with Crippen LogP contribution in [0.4, 0.5) is 0 Å². The van der Waals surface area contributed by atoms with Gasteiger partial charge in [-0.2, -0.15) is 0 Å². The van der Waals surface area contributed by atoms with Gasteiger partial charge in [0.2, 0.25) is 0 Å². The third-order valence-corrected chi connectivity index (χ3v) is 5.59. The zero-order valence-corrected chi connectivity index (χ0v) is 16.4. The maximum Gasteiger partial charge on any atom is 0.112 e. The van der Waals surface area contributed by atoms with E-state index in [9.17, 15) is 0 Å². The lowest BCUT2D eigenvalue weighted by Gasteiger charge is -2.38. The van der Waals surface area contributed by atoms with Crippen molar-refractivity contribution >= 4 is 0 Å². The number of rotatable bonds is 7. The molecule has 1 heterocycles. The molecule has 2 heteroatoms. The van der Waals surface area contributed by atoms with Gasteiger partial charge >= 0.3 is 0 Å². The minimum Gasteiger partial charge on any atom is -0.332 e. The molecule has 3 rings (SSSR count). The van der Waals surface area contributed by atoms with Crippen molar-refractivity contribution in [1.82, 2.24) is 9.55 Å². The van der Waals surface area contributed by atoms with Crippen LogP contribution in [-0.4, -0.2) is 9.55 Å². The first-order valence-electron chi connectivity index (χ1n) is 9.68. The number of benzene rings is 2. The predicted octanol–water partition coefficient (Wildman–Crippen LogP) is 6.16. The van der Waals surface area contributed by atoms with Gasteiger partial charge in [0.15, 0.2) is 0 Å². The van der Waals surface area contributed by atoms with Crippen molar-refractivity contribution in [2.45, 2.75) is 57.9 Å². The number of hydrogen-bond donors (Lipinski definition) is 0. The molecule has 2 unspecified atom stereocenters. The van der Waals surface area contributed by atoms with Crippen LogP contribution in [0.1, 0.15) is 63.0 Å². The van der Waals surface area contributed by atoms with Gasteiger partial charge < -0.3 is 4.57 Å². The zero-order chi connectivity index (χ0) is 18.6. The summed E-state index contributed by atoms with van der Waals surface area (Å²) in [5, 5.41) is 0. The van der Waals surface area contributed by atoms with Gasteiger partial charge in [-0.25, -0.2) is 4.98 Å². The van der Waals surface area contributed by atoms with Gasteiger partial charge in [-0.1, -0.05) is 74.5 Å². The summed E-state index contributed by atoms with van der Waals surface area (Å²) in [6.45, 7) is 9.16. The van der Waals surface area contributed by atoms with Crippen LogP contribution in [0.2, 0.25) is 0 Å². The van der Waals surface area contributed by atoms with E-state index in [0.29, 0.717) is 12.0 Å². The molecule has 26 heavy (non-hydrogen) atoms. The van der Waals surface area contributed by atoms with Crippen LogP contribution < -0.4 is 0 Å². The Morgan fingerprint density at radius 1 is 0.962 bits per heavy atom. The third-order valence-electron chi connectivity index (χ3n) is 5.59. The van der Waals surface area contributed by atoms with Crippen LogP contribution in [0.5, 0.6) is 0 Å². The number of hydrogen-bond acceptors (Lipinski definition) is 1. The lowest BCUT2D eigenvalue weighted by Crippen LogP contribution is -2.34. The molecule has 2 aromatic carbocycles. The van der Waals surface area contributed by atoms with Crippen molar-refractivity contribution in [1.29, 1.82) is 0 Å². The zero-order valence-electron chi connectivity index (χ0n) is 16.4. The number of aromatic nitrogens is 2. The van der Waals surface area contributed by atoms with E-state index in [4.69, 9.17) is 4.98 Å². The fourth-order valence-corrected chi connectivity index (χ4v) is 4.21. The summed E-state index contributed by atoms with van der Waals surface area (Å²) < 4.78 is 2.33. The number of nitrogens with zero attached hydrogens (tertiary/aromatic N) is 2. The lowest BCUT2D eigenvalue weighted by molar-refractivity contribution is 0.335. The van der Waals surface area contributed by atoms with Gasteiger partial charge in [-0.15, -0.1) is 0 Å². The Hall–Kier alpha value is -2.35. The molecule has 3 aromatic rings.